The largest absolute Gasteiger partial charge is 0.507 e. The lowest BCUT2D eigenvalue weighted by Crippen LogP contribution is -2.63. The summed E-state index contributed by atoms with van der Waals surface area (Å²) in [5.41, 5.74) is 7.18. The topological polar surface area (TPSA) is 228 Å². The summed E-state index contributed by atoms with van der Waals surface area (Å²) in [6.45, 7) is 31.1. The van der Waals surface area contributed by atoms with E-state index < -0.39 is 96.0 Å². The van der Waals surface area contributed by atoms with Gasteiger partial charge < -0.3 is 50.4 Å². The molecule has 1 aliphatic carbocycles. The molecule has 6 N–H and O–H groups in total. The van der Waals surface area contributed by atoms with Gasteiger partial charge in [-0.1, -0.05) is 159 Å². The molecular weight excluding hydrogens is 1040 g/mol. The number of amides is 4. The molecule has 8 bridgehead atoms. The van der Waals surface area contributed by atoms with Crippen molar-refractivity contribution in [2.75, 3.05) is 26.4 Å². The van der Waals surface area contributed by atoms with Crippen molar-refractivity contribution in [2.45, 2.75) is 195 Å². The van der Waals surface area contributed by atoms with E-state index in [1.165, 1.54) is 0 Å². The fourth-order valence-electron chi connectivity index (χ4n) is 10.6. The van der Waals surface area contributed by atoms with Gasteiger partial charge in [-0.25, -0.2) is 9.59 Å². The maximum absolute atomic E-state index is 13.7. The van der Waals surface area contributed by atoms with Crippen LogP contribution < -0.4 is 30.7 Å². The smallest absolute Gasteiger partial charge is 0.344 e. The van der Waals surface area contributed by atoms with Crippen LogP contribution in [-0.4, -0.2) is 96.4 Å². The molecule has 3 aliphatic rings. The highest BCUT2D eigenvalue weighted by molar-refractivity contribution is 5.98. The molecule has 4 atom stereocenters. The van der Waals surface area contributed by atoms with Crippen LogP contribution in [-0.2, 0) is 85.6 Å². The molecular formula is C66H88N4O12. The number of hydrogen-bond donors (Lipinski definition) is 6. The van der Waals surface area contributed by atoms with Crippen molar-refractivity contribution >= 4 is 35.6 Å². The Morgan fingerprint density at radius 3 is 0.902 bits per heavy atom. The van der Waals surface area contributed by atoms with E-state index in [4.69, 9.17) is 18.9 Å². The van der Waals surface area contributed by atoms with Crippen LogP contribution in [0.1, 0.15) is 190 Å². The molecule has 82 heavy (non-hydrogen) atoms. The van der Waals surface area contributed by atoms with Crippen LogP contribution in [0.2, 0.25) is 0 Å². The third-order valence-corrected chi connectivity index (χ3v) is 15.4. The van der Waals surface area contributed by atoms with Crippen molar-refractivity contribution in [2.24, 2.45) is 11.8 Å². The third-order valence-electron chi connectivity index (χ3n) is 15.4. The number of hydrogen-bond acceptors (Lipinski definition) is 12. The lowest BCUT2D eigenvalue weighted by Gasteiger charge is -2.30. The summed E-state index contributed by atoms with van der Waals surface area (Å²) >= 11 is 0. The lowest BCUT2D eigenvalue weighted by molar-refractivity contribution is -0.150. The van der Waals surface area contributed by atoms with Crippen molar-refractivity contribution in [3.05, 3.63) is 115 Å². The van der Waals surface area contributed by atoms with Gasteiger partial charge >= 0.3 is 11.9 Å². The number of rotatable bonds is 14. The number of carbonyl (C=O) groups excluding carboxylic acids is 6. The fourth-order valence-corrected chi connectivity index (χ4v) is 10.6. The summed E-state index contributed by atoms with van der Waals surface area (Å²) in [5, 5.41) is 36.4. The number of fused-ring (bicyclic) bond motifs is 8. The molecule has 4 aromatic carbocycles. The van der Waals surface area contributed by atoms with Crippen LogP contribution in [0.25, 0.3) is 0 Å². The molecule has 0 spiro atoms. The van der Waals surface area contributed by atoms with Gasteiger partial charge in [0.2, 0.25) is 23.6 Å². The first kappa shape index (κ1) is 62.5. The molecule has 2 fully saturated rings. The number of benzene rings is 4. The average Bonchev–Trinajstić information content (AvgIpc) is 2.01. The number of aromatic hydroxyl groups is 2. The Labute approximate surface area is 484 Å². The average molecular weight is 1130 g/mol. The molecule has 2 saturated heterocycles. The number of ether oxygens (including phenoxy) is 4. The number of nitrogens with one attached hydrogen (secondary N) is 4. The Bertz CT molecular complexity index is 2810. The quantitative estimate of drug-likeness (QED) is 0.0573. The van der Waals surface area contributed by atoms with Gasteiger partial charge in [0, 0.05) is 25.7 Å². The van der Waals surface area contributed by atoms with E-state index >= 15 is 0 Å². The van der Waals surface area contributed by atoms with Gasteiger partial charge in [0.05, 0.1) is 0 Å². The summed E-state index contributed by atoms with van der Waals surface area (Å²) < 4.78 is 24.5. The van der Waals surface area contributed by atoms with Crippen molar-refractivity contribution in [3.63, 3.8) is 0 Å². The van der Waals surface area contributed by atoms with Gasteiger partial charge in [-0.2, -0.15) is 0 Å². The van der Waals surface area contributed by atoms with Gasteiger partial charge in [0.1, 0.15) is 60.4 Å². The van der Waals surface area contributed by atoms with E-state index in [2.05, 4.69) is 104 Å². The second kappa shape index (κ2) is 24.4. The summed E-state index contributed by atoms with van der Waals surface area (Å²) in [6, 6.07) is 12.6. The monoisotopic (exact) mass is 1130 g/mol. The van der Waals surface area contributed by atoms with E-state index in [0.29, 0.717) is 68.8 Å². The molecule has 0 unspecified atom stereocenters. The molecule has 4 aromatic rings. The number of phenolic OH excluding ortho intramolecular Hbond substituents is 2. The van der Waals surface area contributed by atoms with Crippen molar-refractivity contribution in [1.82, 2.24) is 21.3 Å². The second-order valence-corrected chi connectivity index (χ2v) is 27.7. The van der Waals surface area contributed by atoms with E-state index in [1.54, 1.807) is 0 Å². The molecule has 7 rings (SSSR count). The molecule has 2 heterocycles. The predicted molar refractivity (Wildman–Crippen MR) is 315 cm³/mol. The van der Waals surface area contributed by atoms with Crippen LogP contribution in [0.3, 0.4) is 0 Å². The summed E-state index contributed by atoms with van der Waals surface area (Å²) in [5.74, 6) is -2.00. The van der Waals surface area contributed by atoms with E-state index in [0.717, 1.165) is 22.3 Å². The van der Waals surface area contributed by atoms with Gasteiger partial charge in [0.15, 0.2) is 13.2 Å². The Morgan fingerprint density at radius 1 is 0.427 bits per heavy atom. The third kappa shape index (κ3) is 15.3. The Morgan fingerprint density at radius 2 is 0.659 bits per heavy atom. The van der Waals surface area contributed by atoms with Crippen LogP contribution in [0.5, 0.6) is 23.0 Å². The normalized spacial score (nSPS) is 18.8. The van der Waals surface area contributed by atoms with Gasteiger partial charge in [-0.3, -0.25) is 19.2 Å². The number of carbonyl (C=O) groups is 6. The molecule has 16 heteroatoms. The SMILES string of the molecule is CC(C)C[C@@H]1NC(=O)[C@H](COC(=O)COc2c3cc(C(C)(C)C)cc2Cc2cc(C(C)(C)C)cc(c2O)Cc2cc(C(C)(C)C)cc(c2OCC(=O)OC[C@@H]2NC(=O)[C@H](CC(C)C)NC2=O)Cc2cc(C(C)(C)C)cc(c2O)C3)NC1=O. The van der Waals surface area contributed by atoms with Crippen LogP contribution >= 0.6 is 0 Å². The first-order valence-corrected chi connectivity index (χ1v) is 28.9. The zero-order valence-corrected chi connectivity index (χ0v) is 51.1. The summed E-state index contributed by atoms with van der Waals surface area (Å²) in [4.78, 5) is 79.4. The maximum atomic E-state index is 13.7. The number of phenols is 2. The molecule has 0 radical (unpaired) electrons. The van der Waals surface area contributed by atoms with E-state index in [9.17, 15) is 39.0 Å². The first-order valence-electron chi connectivity index (χ1n) is 28.9. The number of piperazine rings is 2. The summed E-state index contributed by atoms with van der Waals surface area (Å²) in [7, 11) is 0. The van der Waals surface area contributed by atoms with Gasteiger partial charge in [-0.05, 0) is 113 Å². The van der Waals surface area contributed by atoms with Crippen molar-refractivity contribution < 1.29 is 57.9 Å². The lowest BCUT2D eigenvalue weighted by atomic mass is 9.79. The molecule has 0 saturated carbocycles. The fraction of sp³-hybridized carbons (Fsp3) is 0.545. The highest BCUT2D eigenvalue weighted by atomic mass is 16.6. The minimum atomic E-state index is -1.08. The molecule has 16 nitrogen and oxygen atoms in total. The van der Waals surface area contributed by atoms with E-state index in [-0.39, 0.29) is 60.8 Å². The van der Waals surface area contributed by atoms with Crippen molar-refractivity contribution in [1.29, 1.82) is 0 Å². The Kier molecular flexibility index (Phi) is 18.6. The zero-order chi connectivity index (χ0) is 60.6. The highest BCUT2D eigenvalue weighted by Gasteiger charge is 2.37. The Balaban J connectivity index is 1.34. The first-order chi connectivity index (χ1) is 38.0. The van der Waals surface area contributed by atoms with Crippen LogP contribution in [0.15, 0.2) is 48.5 Å². The standard InChI is InChI=1S/C66H88N4O12/c1-35(2)17-49-59(75)69-51(61(77)67-49)31-79-53(71)33-81-57-41-19-37-23-45(63(5,6)7)25-39(55(37)73)21-43-29-48(66(14,15)16)30-44(58(43)82-34-54(72)80-32-52-62(78)68-50(18-36(3)4)60(76)70-52)22-40-26-46(64(8,9)10)24-38(56(40)74)20-42(57)28-47(27-41)65(11,12)13/h23-30,35-36,49-52,73-74H,17-22,31-34H2,1-16H3,(H,67,77)(H,68,78)(H,69,75)(H,70,76)/t49-,50-,51-,52-/m0/s1. The highest BCUT2D eigenvalue weighted by Crippen LogP contribution is 2.44. The Hall–Kier alpha value is -7.10. The van der Waals surface area contributed by atoms with Gasteiger partial charge in [-0.15, -0.1) is 0 Å². The molecule has 2 aliphatic heterocycles. The zero-order valence-electron chi connectivity index (χ0n) is 51.1. The second-order valence-electron chi connectivity index (χ2n) is 27.7. The minimum absolute atomic E-state index is 0.0331. The summed E-state index contributed by atoms with van der Waals surface area (Å²) in [6.07, 6.45) is 1.52. The molecule has 444 valence electrons. The molecule has 4 amide bonds. The van der Waals surface area contributed by atoms with Crippen LogP contribution in [0, 0.1) is 11.8 Å². The van der Waals surface area contributed by atoms with E-state index in [1.807, 2.05) is 76.2 Å². The van der Waals surface area contributed by atoms with Crippen LogP contribution in [0.4, 0.5) is 0 Å². The minimum Gasteiger partial charge on any atom is -0.507 e. The van der Waals surface area contributed by atoms with Crippen molar-refractivity contribution in [3.8, 4) is 23.0 Å². The molecule has 0 aromatic heterocycles. The predicted octanol–water partition coefficient (Wildman–Crippen LogP) is 8.87. The van der Waals surface area contributed by atoms with Gasteiger partial charge in [0.25, 0.3) is 0 Å². The maximum Gasteiger partial charge on any atom is 0.344 e. The number of esters is 2.